The van der Waals surface area contributed by atoms with Gasteiger partial charge in [-0.25, -0.2) is 4.98 Å². The maximum absolute atomic E-state index is 13.1. The molecule has 4 aromatic rings. The van der Waals surface area contributed by atoms with E-state index in [9.17, 15) is 4.79 Å². The minimum absolute atomic E-state index is 0.0829. The number of halogens is 1. The first-order valence-corrected chi connectivity index (χ1v) is 10.2. The number of benzene rings is 1. The van der Waals surface area contributed by atoms with Crippen molar-refractivity contribution in [2.24, 2.45) is 0 Å². The molecule has 0 spiro atoms. The molecule has 0 bridgehead atoms. The molecule has 6 heteroatoms. The van der Waals surface area contributed by atoms with Gasteiger partial charge < -0.3 is 9.88 Å². The molecule has 1 N–H and O–H groups in total. The van der Waals surface area contributed by atoms with Gasteiger partial charge in [-0.15, -0.1) is 11.3 Å². The first kappa shape index (κ1) is 17.9. The molecule has 0 aliphatic heterocycles. The summed E-state index contributed by atoms with van der Waals surface area (Å²) in [5.74, 6) is -0.0829. The van der Waals surface area contributed by atoms with Gasteiger partial charge in [0.1, 0.15) is 9.71 Å². The third kappa shape index (κ3) is 3.42. The van der Waals surface area contributed by atoms with Crippen LogP contribution in [0.3, 0.4) is 0 Å². The van der Waals surface area contributed by atoms with Crippen molar-refractivity contribution in [1.82, 2.24) is 14.9 Å². The minimum atomic E-state index is -0.0829. The van der Waals surface area contributed by atoms with Crippen LogP contribution in [0.15, 0.2) is 59.2 Å². The number of hydrogen-bond donors (Lipinski definition) is 1. The van der Waals surface area contributed by atoms with E-state index in [1.807, 2.05) is 36.4 Å². The van der Waals surface area contributed by atoms with Gasteiger partial charge in [0.2, 0.25) is 0 Å². The highest BCUT2D eigenvalue weighted by molar-refractivity contribution is 9.10. The number of pyridine rings is 1. The van der Waals surface area contributed by atoms with Crippen LogP contribution in [-0.4, -0.2) is 15.5 Å². The Morgan fingerprint density at radius 3 is 2.67 bits per heavy atom. The Labute approximate surface area is 170 Å². The van der Waals surface area contributed by atoms with Crippen molar-refractivity contribution in [3.05, 3.63) is 81.0 Å². The largest absolute Gasteiger partial charge is 0.347 e. The highest BCUT2D eigenvalue weighted by Crippen LogP contribution is 2.34. The maximum atomic E-state index is 13.1. The first-order valence-electron chi connectivity index (χ1n) is 8.60. The summed E-state index contributed by atoms with van der Waals surface area (Å²) in [7, 11) is 0. The van der Waals surface area contributed by atoms with Crippen LogP contribution < -0.4 is 5.32 Å². The van der Waals surface area contributed by atoms with E-state index < -0.39 is 0 Å². The number of rotatable bonds is 4. The molecule has 1 amide bonds. The lowest BCUT2D eigenvalue weighted by molar-refractivity contribution is 0.0955. The van der Waals surface area contributed by atoms with E-state index in [-0.39, 0.29) is 5.91 Å². The van der Waals surface area contributed by atoms with E-state index in [1.54, 1.807) is 6.20 Å². The minimum Gasteiger partial charge on any atom is -0.347 e. The molecule has 27 heavy (non-hydrogen) atoms. The molecule has 0 saturated heterocycles. The molecule has 4 rings (SSSR count). The van der Waals surface area contributed by atoms with Crippen LogP contribution in [0, 0.1) is 13.8 Å². The lowest BCUT2D eigenvalue weighted by Gasteiger charge is -2.12. The molecule has 1 aromatic carbocycles. The van der Waals surface area contributed by atoms with Crippen molar-refractivity contribution in [1.29, 1.82) is 0 Å². The lowest BCUT2D eigenvalue weighted by Crippen LogP contribution is -2.23. The van der Waals surface area contributed by atoms with E-state index in [2.05, 4.69) is 56.8 Å². The predicted octanol–water partition coefficient (Wildman–Crippen LogP) is 5.40. The zero-order chi connectivity index (χ0) is 19.0. The number of nitrogens with zero attached hydrogens (tertiary/aromatic N) is 2. The Balaban J connectivity index is 1.75. The zero-order valence-corrected chi connectivity index (χ0v) is 17.4. The number of aryl methyl sites for hydroxylation is 2. The fraction of sp³-hybridized carbons (Fsp3) is 0.143. The van der Waals surface area contributed by atoms with Crippen molar-refractivity contribution in [3.8, 4) is 5.69 Å². The number of hydrogen-bond acceptors (Lipinski definition) is 3. The Kier molecular flexibility index (Phi) is 4.85. The SMILES string of the molecule is Cc1ccc(C)n1-c1c(C(=O)NCc2cccc(Br)c2)sc2ncccc12. The Hall–Kier alpha value is -2.44. The molecule has 3 aromatic heterocycles. The highest BCUT2D eigenvalue weighted by Gasteiger charge is 2.22. The number of aromatic nitrogens is 2. The van der Waals surface area contributed by atoms with Gasteiger partial charge in [0.05, 0.1) is 5.69 Å². The maximum Gasteiger partial charge on any atom is 0.263 e. The molecule has 0 unspecified atom stereocenters. The average Bonchev–Trinajstić information content (AvgIpc) is 3.19. The summed E-state index contributed by atoms with van der Waals surface area (Å²) in [6, 6.07) is 16.0. The molecule has 136 valence electrons. The molecule has 0 atom stereocenters. The first-order chi connectivity index (χ1) is 13.0. The Bertz CT molecular complexity index is 1130. The van der Waals surface area contributed by atoms with Crippen molar-refractivity contribution in [2.75, 3.05) is 0 Å². The lowest BCUT2D eigenvalue weighted by atomic mass is 10.2. The van der Waals surface area contributed by atoms with Gasteiger partial charge in [0.15, 0.2) is 0 Å². The number of thiophene rings is 1. The van der Waals surface area contributed by atoms with Crippen molar-refractivity contribution >= 4 is 43.4 Å². The number of fused-ring (bicyclic) bond motifs is 1. The summed E-state index contributed by atoms with van der Waals surface area (Å²) >= 11 is 4.90. The van der Waals surface area contributed by atoms with Crippen LogP contribution >= 0.6 is 27.3 Å². The summed E-state index contributed by atoms with van der Waals surface area (Å²) < 4.78 is 3.13. The molecular formula is C21H18BrN3OS. The van der Waals surface area contributed by atoms with Crippen LogP contribution in [0.4, 0.5) is 0 Å². The average molecular weight is 440 g/mol. The smallest absolute Gasteiger partial charge is 0.263 e. The normalized spacial score (nSPS) is 11.1. The number of carbonyl (C=O) groups excluding carboxylic acids is 1. The third-order valence-corrected chi connectivity index (χ3v) is 6.08. The Morgan fingerprint density at radius 2 is 1.93 bits per heavy atom. The summed E-state index contributed by atoms with van der Waals surface area (Å²) in [5, 5.41) is 4.05. The van der Waals surface area contributed by atoms with Crippen LogP contribution in [0.2, 0.25) is 0 Å². The highest BCUT2D eigenvalue weighted by atomic mass is 79.9. The second-order valence-corrected chi connectivity index (χ2v) is 8.31. The van der Waals surface area contributed by atoms with E-state index >= 15 is 0 Å². The van der Waals surface area contributed by atoms with Gasteiger partial charge in [0, 0.05) is 34.0 Å². The fourth-order valence-corrected chi connectivity index (χ4v) is 4.72. The van der Waals surface area contributed by atoms with E-state index in [1.165, 1.54) is 11.3 Å². The van der Waals surface area contributed by atoms with Crippen molar-refractivity contribution < 1.29 is 4.79 Å². The van der Waals surface area contributed by atoms with Crippen molar-refractivity contribution in [3.63, 3.8) is 0 Å². The molecule has 0 saturated carbocycles. The standard InChI is InChI=1S/C21H18BrN3OS/c1-13-8-9-14(2)25(13)18-17-7-4-10-23-21(17)27-19(18)20(26)24-12-15-5-3-6-16(22)11-15/h3-11H,12H2,1-2H3,(H,24,26). The van der Waals surface area contributed by atoms with Gasteiger partial charge in [-0.1, -0.05) is 28.1 Å². The third-order valence-electron chi connectivity index (χ3n) is 4.48. The Morgan fingerprint density at radius 1 is 1.15 bits per heavy atom. The summed E-state index contributed by atoms with van der Waals surface area (Å²) in [6.07, 6.45) is 1.77. The van der Waals surface area contributed by atoms with Gasteiger partial charge in [-0.05, 0) is 55.8 Å². The van der Waals surface area contributed by atoms with Crippen LogP contribution in [0.25, 0.3) is 15.9 Å². The predicted molar refractivity (Wildman–Crippen MR) is 114 cm³/mol. The fourth-order valence-electron chi connectivity index (χ4n) is 3.23. The molecule has 0 aliphatic rings. The number of carbonyl (C=O) groups is 1. The molecule has 0 radical (unpaired) electrons. The molecule has 3 heterocycles. The summed E-state index contributed by atoms with van der Waals surface area (Å²) in [4.78, 5) is 19.1. The van der Waals surface area contributed by atoms with E-state index in [4.69, 9.17) is 0 Å². The summed E-state index contributed by atoms with van der Waals surface area (Å²) in [5.41, 5.74) is 4.15. The number of amides is 1. The molecule has 0 aliphatic carbocycles. The monoisotopic (exact) mass is 439 g/mol. The van der Waals surface area contributed by atoms with Crippen LogP contribution in [-0.2, 0) is 6.54 Å². The van der Waals surface area contributed by atoms with Gasteiger partial charge in [-0.3, -0.25) is 4.79 Å². The van der Waals surface area contributed by atoms with E-state index in [0.29, 0.717) is 11.4 Å². The molecule has 4 nitrogen and oxygen atoms in total. The van der Waals surface area contributed by atoms with Gasteiger partial charge in [0.25, 0.3) is 5.91 Å². The van der Waals surface area contributed by atoms with Crippen LogP contribution in [0.5, 0.6) is 0 Å². The van der Waals surface area contributed by atoms with E-state index in [0.717, 1.165) is 37.3 Å². The van der Waals surface area contributed by atoms with Crippen LogP contribution in [0.1, 0.15) is 26.6 Å². The zero-order valence-electron chi connectivity index (χ0n) is 15.0. The second kappa shape index (κ2) is 7.29. The molecule has 0 fully saturated rings. The van der Waals surface area contributed by atoms with Gasteiger partial charge >= 0.3 is 0 Å². The van der Waals surface area contributed by atoms with Gasteiger partial charge in [-0.2, -0.15) is 0 Å². The quantitative estimate of drug-likeness (QED) is 0.462. The topological polar surface area (TPSA) is 46.9 Å². The summed E-state index contributed by atoms with van der Waals surface area (Å²) in [6.45, 7) is 4.58. The second-order valence-electron chi connectivity index (χ2n) is 6.40. The number of nitrogens with one attached hydrogen (secondary N) is 1. The van der Waals surface area contributed by atoms with Crippen molar-refractivity contribution in [2.45, 2.75) is 20.4 Å². The molecular weight excluding hydrogens is 422 g/mol.